The van der Waals surface area contributed by atoms with Crippen LogP contribution in [-0.2, 0) is 4.79 Å². The largest absolute Gasteiger partial charge is 0.384 e. The fourth-order valence-electron chi connectivity index (χ4n) is 2.33. The molecule has 4 N–H and O–H groups in total. The number of nitrogens with one attached hydrogen (secondary N) is 2. The van der Waals surface area contributed by atoms with E-state index in [0.29, 0.717) is 30.4 Å². The van der Waals surface area contributed by atoms with Gasteiger partial charge in [0.2, 0.25) is 5.91 Å². The van der Waals surface area contributed by atoms with Crippen molar-refractivity contribution in [2.75, 3.05) is 17.6 Å². The second kappa shape index (κ2) is 5.78. The average Bonchev–Trinajstić information content (AvgIpc) is 2.91. The fourth-order valence-corrected chi connectivity index (χ4v) is 2.33. The van der Waals surface area contributed by atoms with E-state index in [1.54, 1.807) is 6.07 Å². The maximum Gasteiger partial charge on any atom is 0.220 e. The minimum atomic E-state index is 0.106. The Kier molecular flexibility index (Phi) is 3.68. The van der Waals surface area contributed by atoms with Gasteiger partial charge < -0.3 is 16.4 Å². The highest BCUT2D eigenvalue weighted by Crippen LogP contribution is 2.19. The molecule has 1 aliphatic heterocycles. The highest BCUT2D eigenvalue weighted by molar-refractivity contribution is 5.78. The molecule has 0 aliphatic carbocycles. The average molecular weight is 283 g/mol. The van der Waals surface area contributed by atoms with Crippen LogP contribution in [0.4, 0.5) is 11.6 Å². The molecule has 0 spiro atoms. The van der Waals surface area contributed by atoms with Crippen molar-refractivity contribution in [3.05, 3.63) is 36.4 Å². The second-order valence-corrected chi connectivity index (χ2v) is 5.05. The summed E-state index contributed by atoms with van der Waals surface area (Å²) < 4.78 is 0. The van der Waals surface area contributed by atoms with Crippen LogP contribution in [0.3, 0.4) is 0 Å². The number of carbonyl (C=O) groups excluding carboxylic acids is 1. The predicted octanol–water partition coefficient (Wildman–Crippen LogP) is 1.42. The molecular formula is C15H17N5O. The molecule has 3 rings (SSSR count). The van der Waals surface area contributed by atoms with E-state index < -0.39 is 0 Å². The number of nitrogen functional groups attached to an aromatic ring is 1. The summed E-state index contributed by atoms with van der Waals surface area (Å²) >= 11 is 0. The maximum absolute atomic E-state index is 11.2. The van der Waals surface area contributed by atoms with E-state index >= 15 is 0 Å². The van der Waals surface area contributed by atoms with Gasteiger partial charge in [-0.15, -0.1) is 0 Å². The fraction of sp³-hybridized carbons (Fsp3) is 0.267. The number of nitrogens with two attached hydrogens (primary N) is 1. The van der Waals surface area contributed by atoms with Crippen molar-refractivity contribution in [2.24, 2.45) is 0 Å². The molecule has 0 radical (unpaired) electrons. The second-order valence-electron chi connectivity index (χ2n) is 5.05. The summed E-state index contributed by atoms with van der Waals surface area (Å²) in [5, 5.41) is 6.12. The molecular weight excluding hydrogens is 266 g/mol. The van der Waals surface area contributed by atoms with Gasteiger partial charge in [0, 0.05) is 30.6 Å². The van der Waals surface area contributed by atoms with Gasteiger partial charge in [-0.3, -0.25) is 4.79 Å². The molecule has 21 heavy (non-hydrogen) atoms. The van der Waals surface area contributed by atoms with E-state index in [-0.39, 0.29) is 11.9 Å². The standard InChI is InChI=1S/C15H17N5O/c16-12-8-13(17-9-11-6-7-14(21)18-11)20-15(19-12)10-4-2-1-3-5-10/h1-5,8,11H,6-7,9H2,(H,18,21)(H3,16,17,19,20). The number of amides is 1. The van der Waals surface area contributed by atoms with Crippen LogP contribution in [0.5, 0.6) is 0 Å². The van der Waals surface area contributed by atoms with E-state index in [9.17, 15) is 4.79 Å². The molecule has 0 bridgehead atoms. The molecule has 1 amide bonds. The number of hydrogen-bond donors (Lipinski definition) is 3. The lowest BCUT2D eigenvalue weighted by atomic mass is 10.2. The summed E-state index contributed by atoms with van der Waals surface area (Å²) in [7, 11) is 0. The van der Waals surface area contributed by atoms with E-state index in [0.717, 1.165) is 12.0 Å². The molecule has 0 saturated carbocycles. The molecule has 2 heterocycles. The Morgan fingerprint density at radius 3 is 2.81 bits per heavy atom. The van der Waals surface area contributed by atoms with E-state index in [1.807, 2.05) is 30.3 Å². The lowest BCUT2D eigenvalue weighted by molar-refractivity contribution is -0.119. The van der Waals surface area contributed by atoms with Crippen LogP contribution in [0.15, 0.2) is 36.4 Å². The van der Waals surface area contributed by atoms with Gasteiger partial charge in [0.1, 0.15) is 11.6 Å². The van der Waals surface area contributed by atoms with E-state index in [4.69, 9.17) is 5.73 Å². The highest BCUT2D eigenvalue weighted by atomic mass is 16.1. The van der Waals surface area contributed by atoms with Gasteiger partial charge in [-0.25, -0.2) is 9.97 Å². The van der Waals surface area contributed by atoms with Crippen molar-refractivity contribution in [1.29, 1.82) is 0 Å². The molecule has 108 valence electrons. The van der Waals surface area contributed by atoms with Gasteiger partial charge in [0.25, 0.3) is 0 Å². The number of hydrogen-bond acceptors (Lipinski definition) is 5. The van der Waals surface area contributed by atoms with Crippen LogP contribution in [0.2, 0.25) is 0 Å². The molecule has 1 aliphatic rings. The third kappa shape index (κ3) is 3.28. The predicted molar refractivity (Wildman–Crippen MR) is 81.5 cm³/mol. The smallest absolute Gasteiger partial charge is 0.220 e. The Morgan fingerprint density at radius 2 is 2.10 bits per heavy atom. The molecule has 2 aromatic rings. The SMILES string of the molecule is Nc1cc(NCC2CCC(=O)N2)nc(-c2ccccc2)n1. The quantitative estimate of drug-likeness (QED) is 0.789. The summed E-state index contributed by atoms with van der Waals surface area (Å²) in [6.07, 6.45) is 1.44. The number of aromatic nitrogens is 2. The third-order valence-corrected chi connectivity index (χ3v) is 3.39. The van der Waals surface area contributed by atoms with Gasteiger partial charge in [-0.1, -0.05) is 30.3 Å². The Labute approximate surface area is 122 Å². The van der Waals surface area contributed by atoms with Gasteiger partial charge >= 0.3 is 0 Å². The molecule has 1 unspecified atom stereocenters. The maximum atomic E-state index is 11.2. The van der Waals surface area contributed by atoms with Gasteiger partial charge in [0.05, 0.1) is 0 Å². The topological polar surface area (TPSA) is 92.9 Å². The van der Waals surface area contributed by atoms with Crippen molar-refractivity contribution in [2.45, 2.75) is 18.9 Å². The Balaban J connectivity index is 1.74. The first kappa shape index (κ1) is 13.4. The van der Waals surface area contributed by atoms with Crippen LogP contribution < -0.4 is 16.4 Å². The Morgan fingerprint density at radius 1 is 1.29 bits per heavy atom. The van der Waals surface area contributed by atoms with Crippen molar-refractivity contribution < 1.29 is 4.79 Å². The van der Waals surface area contributed by atoms with Crippen molar-refractivity contribution in [3.63, 3.8) is 0 Å². The summed E-state index contributed by atoms with van der Waals surface area (Å²) in [6.45, 7) is 0.635. The molecule has 1 aromatic carbocycles. The zero-order valence-electron chi connectivity index (χ0n) is 11.5. The third-order valence-electron chi connectivity index (χ3n) is 3.39. The zero-order chi connectivity index (χ0) is 14.7. The molecule has 1 atom stereocenters. The van der Waals surface area contributed by atoms with Crippen LogP contribution in [0.1, 0.15) is 12.8 Å². The minimum absolute atomic E-state index is 0.106. The van der Waals surface area contributed by atoms with Gasteiger partial charge in [-0.05, 0) is 6.42 Å². The summed E-state index contributed by atoms with van der Waals surface area (Å²) in [4.78, 5) is 19.9. The van der Waals surface area contributed by atoms with E-state index in [2.05, 4.69) is 20.6 Å². The number of carbonyl (C=O) groups is 1. The van der Waals surface area contributed by atoms with Crippen molar-refractivity contribution in [1.82, 2.24) is 15.3 Å². The summed E-state index contributed by atoms with van der Waals surface area (Å²) in [6, 6.07) is 11.5. The number of anilines is 2. The zero-order valence-corrected chi connectivity index (χ0v) is 11.5. The highest BCUT2D eigenvalue weighted by Gasteiger charge is 2.20. The lowest BCUT2D eigenvalue weighted by Crippen LogP contribution is -2.32. The van der Waals surface area contributed by atoms with Crippen LogP contribution in [0, 0.1) is 0 Å². The molecule has 1 fully saturated rings. The van der Waals surface area contributed by atoms with Crippen LogP contribution in [0.25, 0.3) is 11.4 Å². The first-order valence-electron chi connectivity index (χ1n) is 6.94. The number of rotatable bonds is 4. The lowest BCUT2D eigenvalue weighted by Gasteiger charge is -2.12. The first-order chi connectivity index (χ1) is 10.2. The molecule has 1 aromatic heterocycles. The monoisotopic (exact) mass is 283 g/mol. The first-order valence-corrected chi connectivity index (χ1v) is 6.94. The van der Waals surface area contributed by atoms with Crippen molar-refractivity contribution >= 4 is 17.5 Å². The van der Waals surface area contributed by atoms with Crippen molar-refractivity contribution in [3.8, 4) is 11.4 Å². The van der Waals surface area contributed by atoms with E-state index in [1.165, 1.54) is 0 Å². The summed E-state index contributed by atoms with van der Waals surface area (Å²) in [5.41, 5.74) is 6.76. The number of nitrogens with zero attached hydrogens (tertiary/aromatic N) is 2. The van der Waals surface area contributed by atoms with Crippen LogP contribution >= 0.6 is 0 Å². The Bertz CT molecular complexity index is 644. The normalized spacial score (nSPS) is 17.5. The number of benzene rings is 1. The molecule has 6 nitrogen and oxygen atoms in total. The van der Waals surface area contributed by atoms with Gasteiger partial charge in [0.15, 0.2) is 5.82 Å². The van der Waals surface area contributed by atoms with Gasteiger partial charge in [-0.2, -0.15) is 0 Å². The minimum Gasteiger partial charge on any atom is -0.384 e. The Hall–Kier alpha value is -2.63. The summed E-state index contributed by atoms with van der Waals surface area (Å²) in [5.74, 6) is 1.78. The van der Waals surface area contributed by atoms with Crippen LogP contribution in [-0.4, -0.2) is 28.5 Å². The molecule has 6 heteroatoms. The molecule has 1 saturated heterocycles.